The number of aliphatic carboxylic acids is 1. The standard InChI is InChI=1S/C8H12O5/c1-3-8(12)13-6(5(2)9)4-7(10)11/h3,5-6,9H,1,4H2,2H3,(H,10,11). The summed E-state index contributed by atoms with van der Waals surface area (Å²) < 4.78 is 4.58. The first-order valence-electron chi connectivity index (χ1n) is 3.70. The number of carbonyl (C=O) groups excluding carboxylic acids is 1. The van der Waals surface area contributed by atoms with Crippen molar-refractivity contribution in [3.05, 3.63) is 12.7 Å². The predicted molar refractivity (Wildman–Crippen MR) is 44.0 cm³/mol. The maximum atomic E-state index is 10.7. The lowest BCUT2D eigenvalue weighted by molar-refractivity contribution is -0.154. The molecule has 0 aromatic rings. The molecule has 0 heterocycles. The number of esters is 1. The molecule has 0 saturated heterocycles. The summed E-state index contributed by atoms with van der Waals surface area (Å²) in [4.78, 5) is 20.9. The average molecular weight is 188 g/mol. The smallest absolute Gasteiger partial charge is 0.330 e. The molecular formula is C8H12O5. The molecule has 0 amide bonds. The lowest BCUT2D eigenvalue weighted by atomic mass is 10.1. The fourth-order valence-electron chi connectivity index (χ4n) is 0.680. The SMILES string of the molecule is C=CC(=O)OC(CC(=O)O)C(C)O. The first-order valence-corrected chi connectivity index (χ1v) is 3.70. The summed E-state index contributed by atoms with van der Waals surface area (Å²) in [6.45, 7) is 4.50. The van der Waals surface area contributed by atoms with Crippen LogP contribution in [0.4, 0.5) is 0 Å². The van der Waals surface area contributed by atoms with Crippen LogP contribution in [-0.2, 0) is 14.3 Å². The Hall–Kier alpha value is -1.36. The van der Waals surface area contributed by atoms with Gasteiger partial charge in [0.25, 0.3) is 0 Å². The van der Waals surface area contributed by atoms with Gasteiger partial charge in [-0.15, -0.1) is 0 Å². The van der Waals surface area contributed by atoms with Crippen molar-refractivity contribution >= 4 is 11.9 Å². The summed E-state index contributed by atoms with van der Waals surface area (Å²) >= 11 is 0. The number of rotatable bonds is 5. The minimum atomic E-state index is -1.14. The molecule has 0 aromatic carbocycles. The Morgan fingerprint density at radius 1 is 1.62 bits per heavy atom. The van der Waals surface area contributed by atoms with Gasteiger partial charge < -0.3 is 14.9 Å². The summed E-state index contributed by atoms with van der Waals surface area (Å²) in [6, 6.07) is 0. The van der Waals surface area contributed by atoms with Gasteiger partial charge >= 0.3 is 11.9 Å². The average Bonchev–Trinajstić information content (AvgIpc) is 2.02. The van der Waals surface area contributed by atoms with Crippen molar-refractivity contribution in [3.8, 4) is 0 Å². The molecule has 0 saturated carbocycles. The van der Waals surface area contributed by atoms with E-state index in [1.807, 2.05) is 0 Å². The molecular weight excluding hydrogens is 176 g/mol. The van der Waals surface area contributed by atoms with Crippen LogP contribution in [0.2, 0.25) is 0 Å². The predicted octanol–water partition coefficient (Wildman–Crippen LogP) is -0.0603. The largest absolute Gasteiger partial charge is 0.481 e. The van der Waals surface area contributed by atoms with E-state index in [2.05, 4.69) is 11.3 Å². The Labute approximate surface area is 75.6 Å². The van der Waals surface area contributed by atoms with Crippen molar-refractivity contribution in [1.29, 1.82) is 0 Å². The molecule has 0 spiro atoms. The monoisotopic (exact) mass is 188 g/mol. The number of aliphatic hydroxyl groups excluding tert-OH is 1. The van der Waals surface area contributed by atoms with E-state index in [9.17, 15) is 9.59 Å². The third-order valence-electron chi connectivity index (χ3n) is 1.35. The summed E-state index contributed by atoms with van der Waals surface area (Å²) in [6.07, 6.45) is -1.54. The molecule has 0 rings (SSSR count). The van der Waals surface area contributed by atoms with Crippen molar-refractivity contribution in [2.45, 2.75) is 25.6 Å². The summed E-state index contributed by atoms with van der Waals surface area (Å²) in [7, 11) is 0. The van der Waals surface area contributed by atoms with Gasteiger partial charge in [-0.3, -0.25) is 4.79 Å². The topological polar surface area (TPSA) is 83.8 Å². The van der Waals surface area contributed by atoms with Gasteiger partial charge in [-0.2, -0.15) is 0 Å². The molecule has 0 fully saturated rings. The van der Waals surface area contributed by atoms with E-state index in [1.165, 1.54) is 6.92 Å². The van der Waals surface area contributed by atoms with Crippen LogP contribution in [-0.4, -0.2) is 34.4 Å². The highest BCUT2D eigenvalue weighted by molar-refractivity contribution is 5.81. The Morgan fingerprint density at radius 2 is 2.15 bits per heavy atom. The van der Waals surface area contributed by atoms with E-state index in [1.54, 1.807) is 0 Å². The summed E-state index contributed by atoms with van der Waals surface area (Å²) in [5.74, 6) is -1.88. The zero-order valence-electron chi connectivity index (χ0n) is 7.27. The van der Waals surface area contributed by atoms with Crippen LogP contribution in [0.5, 0.6) is 0 Å². The zero-order valence-corrected chi connectivity index (χ0v) is 7.27. The van der Waals surface area contributed by atoms with Crippen LogP contribution in [0.15, 0.2) is 12.7 Å². The number of hydrogen-bond donors (Lipinski definition) is 2. The first-order chi connectivity index (χ1) is 5.97. The van der Waals surface area contributed by atoms with Crippen molar-refractivity contribution in [2.24, 2.45) is 0 Å². The highest BCUT2D eigenvalue weighted by Crippen LogP contribution is 2.05. The third kappa shape index (κ3) is 4.97. The van der Waals surface area contributed by atoms with Gasteiger partial charge in [-0.1, -0.05) is 6.58 Å². The van der Waals surface area contributed by atoms with Gasteiger partial charge in [-0.05, 0) is 6.92 Å². The molecule has 13 heavy (non-hydrogen) atoms. The van der Waals surface area contributed by atoms with E-state index in [0.717, 1.165) is 6.08 Å². The van der Waals surface area contributed by atoms with Crippen LogP contribution in [0.1, 0.15) is 13.3 Å². The zero-order chi connectivity index (χ0) is 10.4. The Kier molecular flexibility index (Phi) is 4.76. The van der Waals surface area contributed by atoms with E-state index in [4.69, 9.17) is 10.2 Å². The van der Waals surface area contributed by atoms with Gasteiger partial charge in [-0.25, -0.2) is 4.79 Å². The van der Waals surface area contributed by atoms with E-state index >= 15 is 0 Å². The van der Waals surface area contributed by atoms with Gasteiger partial charge in [0, 0.05) is 6.08 Å². The molecule has 0 radical (unpaired) electrons. The normalized spacial score (nSPS) is 14.3. The van der Waals surface area contributed by atoms with Crippen LogP contribution in [0.3, 0.4) is 0 Å². The molecule has 2 N–H and O–H groups in total. The highest BCUT2D eigenvalue weighted by Gasteiger charge is 2.21. The van der Waals surface area contributed by atoms with Crippen molar-refractivity contribution in [2.75, 3.05) is 0 Å². The number of ether oxygens (including phenoxy) is 1. The highest BCUT2D eigenvalue weighted by atomic mass is 16.6. The van der Waals surface area contributed by atoms with E-state index in [-0.39, 0.29) is 0 Å². The molecule has 2 atom stereocenters. The van der Waals surface area contributed by atoms with Crippen molar-refractivity contribution in [1.82, 2.24) is 0 Å². The van der Waals surface area contributed by atoms with Gasteiger partial charge in [0.15, 0.2) is 0 Å². The second-order valence-corrected chi connectivity index (χ2v) is 2.52. The lowest BCUT2D eigenvalue weighted by Gasteiger charge is -2.17. The van der Waals surface area contributed by atoms with Gasteiger partial charge in [0.2, 0.25) is 0 Å². The Morgan fingerprint density at radius 3 is 2.46 bits per heavy atom. The first kappa shape index (κ1) is 11.6. The van der Waals surface area contributed by atoms with Gasteiger partial charge in [0.1, 0.15) is 6.10 Å². The fraction of sp³-hybridized carbons (Fsp3) is 0.500. The van der Waals surface area contributed by atoms with Crippen LogP contribution in [0.25, 0.3) is 0 Å². The Balaban J connectivity index is 4.17. The van der Waals surface area contributed by atoms with E-state index < -0.39 is 30.6 Å². The Bertz CT molecular complexity index is 209. The van der Waals surface area contributed by atoms with E-state index in [0.29, 0.717) is 0 Å². The molecule has 5 nitrogen and oxygen atoms in total. The van der Waals surface area contributed by atoms with Gasteiger partial charge in [0.05, 0.1) is 12.5 Å². The minimum Gasteiger partial charge on any atom is -0.481 e. The number of aliphatic hydroxyl groups is 1. The summed E-state index contributed by atoms with van der Waals surface area (Å²) in [5, 5.41) is 17.4. The number of carboxylic acids is 1. The maximum absolute atomic E-state index is 10.7. The molecule has 0 aromatic heterocycles. The van der Waals surface area contributed by atoms with Crippen LogP contribution in [0, 0.1) is 0 Å². The molecule has 74 valence electrons. The number of carboxylic acid groups (broad SMARTS) is 1. The molecule has 5 heteroatoms. The van der Waals surface area contributed by atoms with Crippen LogP contribution < -0.4 is 0 Å². The second kappa shape index (κ2) is 5.31. The molecule has 2 unspecified atom stereocenters. The minimum absolute atomic E-state index is 0.419. The fourth-order valence-corrected chi connectivity index (χ4v) is 0.680. The summed E-state index contributed by atoms with van der Waals surface area (Å²) in [5.41, 5.74) is 0. The maximum Gasteiger partial charge on any atom is 0.330 e. The third-order valence-corrected chi connectivity index (χ3v) is 1.35. The lowest BCUT2D eigenvalue weighted by Crippen LogP contribution is -2.30. The van der Waals surface area contributed by atoms with Crippen LogP contribution >= 0.6 is 0 Å². The molecule has 0 bridgehead atoms. The van der Waals surface area contributed by atoms with Crippen molar-refractivity contribution in [3.63, 3.8) is 0 Å². The number of carbonyl (C=O) groups is 2. The molecule has 0 aliphatic rings. The quantitative estimate of drug-likeness (QED) is 0.466. The second-order valence-electron chi connectivity index (χ2n) is 2.52. The van der Waals surface area contributed by atoms with Crippen molar-refractivity contribution < 1.29 is 24.5 Å². The molecule has 0 aliphatic heterocycles. The molecule has 0 aliphatic carbocycles. The number of hydrogen-bond acceptors (Lipinski definition) is 4.